The van der Waals surface area contributed by atoms with Gasteiger partial charge >= 0.3 is 6.18 Å². The molecule has 1 amide bonds. The molecule has 2 aliphatic rings. The fourth-order valence-corrected chi connectivity index (χ4v) is 4.63. The van der Waals surface area contributed by atoms with Crippen LogP contribution in [0.25, 0.3) is 11.8 Å². The highest BCUT2D eigenvalue weighted by molar-refractivity contribution is 5.80. The molecule has 4 N–H and O–H groups in total. The van der Waals surface area contributed by atoms with Crippen molar-refractivity contribution in [3.63, 3.8) is 0 Å². The highest BCUT2D eigenvalue weighted by Gasteiger charge is 2.34. The molecule has 2 saturated carbocycles. The summed E-state index contributed by atoms with van der Waals surface area (Å²) in [4.78, 5) is 14.1. The Labute approximate surface area is 212 Å². The van der Waals surface area contributed by atoms with Gasteiger partial charge in [0.1, 0.15) is 0 Å². The molecule has 3 rings (SSSR count). The van der Waals surface area contributed by atoms with Crippen LogP contribution in [0.15, 0.2) is 42.5 Å². The Balaban J connectivity index is 1.89. The predicted octanol–water partition coefficient (Wildman–Crippen LogP) is 3.66. The number of nitrogens with zero attached hydrogens (tertiary/aromatic N) is 1. The van der Waals surface area contributed by atoms with Crippen molar-refractivity contribution in [2.24, 2.45) is 17.6 Å². The molecular weight excluding hydrogens is 465 g/mol. The van der Waals surface area contributed by atoms with E-state index in [9.17, 15) is 18.0 Å². The van der Waals surface area contributed by atoms with Gasteiger partial charge in [0, 0.05) is 40.7 Å². The summed E-state index contributed by atoms with van der Waals surface area (Å²) >= 11 is 0. The number of halogens is 3. The maximum atomic E-state index is 13.4. The molecule has 1 aromatic carbocycles. The Hall–Kier alpha value is -2.74. The van der Waals surface area contributed by atoms with Gasteiger partial charge in [-0.2, -0.15) is 13.2 Å². The highest BCUT2D eigenvalue weighted by Crippen LogP contribution is 2.29. The van der Waals surface area contributed by atoms with E-state index in [4.69, 9.17) is 5.73 Å². The molecule has 2 aliphatic carbocycles. The molecule has 1 atom stereocenters. The molecule has 0 aliphatic heterocycles. The van der Waals surface area contributed by atoms with Crippen LogP contribution in [0.4, 0.5) is 18.9 Å². The molecule has 0 spiro atoms. The minimum absolute atomic E-state index is 0.0742. The molecule has 0 heterocycles. The minimum Gasteiger partial charge on any atom is -0.398 e. The van der Waals surface area contributed by atoms with Gasteiger partial charge in [0.25, 0.3) is 0 Å². The number of nitrogens with two attached hydrogens (primary N) is 1. The van der Waals surface area contributed by atoms with Gasteiger partial charge < -0.3 is 21.3 Å². The Morgan fingerprint density at radius 2 is 1.86 bits per heavy atom. The van der Waals surface area contributed by atoms with Crippen molar-refractivity contribution in [2.75, 3.05) is 26.0 Å². The summed E-state index contributed by atoms with van der Waals surface area (Å²) in [6.45, 7) is 5.59. The number of hydrogen-bond donors (Lipinski definition) is 3. The molecular formula is C28H39F3N4O. The summed E-state index contributed by atoms with van der Waals surface area (Å²) in [6, 6.07) is 6.01. The van der Waals surface area contributed by atoms with Gasteiger partial charge in [-0.15, -0.1) is 0 Å². The minimum atomic E-state index is -4.61. The second-order valence-electron chi connectivity index (χ2n) is 10.2. The van der Waals surface area contributed by atoms with E-state index < -0.39 is 11.7 Å². The Morgan fingerprint density at radius 3 is 2.44 bits per heavy atom. The maximum absolute atomic E-state index is 13.4. The van der Waals surface area contributed by atoms with Crippen LogP contribution in [0, 0.1) is 11.8 Å². The van der Waals surface area contributed by atoms with Crippen molar-refractivity contribution >= 4 is 23.4 Å². The van der Waals surface area contributed by atoms with Crippen molar-refractivity contribution in [1.29, 1.82) is 0 Å². The Bertz CT molecular complexity index is 1080. The fourth-order valence-electron chi connectivity index (χ4n) is 4.63. The van der Waals surface area contributed by atoms with Gasteiger partial charge in [-0.25, -0.2) is 0 Å². The zero-order valence-electron chi connectivity index (χ0n) is 21.5. The van der Waals surface area contributed by atoms with Gasteiger partial charge in [0.15, 0.2) is 0 Å². The Morgan fingerprint density at radius 1 is 1.19 bits per heavy atom. The summed E-state index contributed by atoms with van der Waals surface area (Å²) in [6.07, 6.45) is 7.11. The smallest absolute Gasteiger partial charge is 0.398 e. The number of alkyl halides is 3. The first kappa shape index (κ1) is 27.8. The zero-order valence-corrected chi connectivity index (χ0v) is 21.5. The van der Waals surface area contributed by atoms with Crippen molar-refractivity contribution < 1.29 is 18.0 Å². The van der Waals surface area contributed by atoms with Crippen molar-refractivity contribution in [1.82, 2.24) is 10.2 Å². The standard InChI is InChI=1S/C28H39F3N4O/c1-18(7-6-16-33-27(36)20-10-11-20)17-24-23(26(32)19(2)28(29,30)31)8-5-9-25(24)34-21-12-14-22(15-13-21)35(3)4/h5-9,17-18,20-22,34H,2,10-16,32H2,1,3-4H3,(H,33,36)/b7-6+,24-17+,26-23-. The SMILES string of the molecule is C=C(/C(N)=c1\cccc(NC2CCC(N(C)C)CC2)\c1=C\C(C)/C=C/CNC(=O)C1CC1)C(F)(F)F. The highest BCUT2D eigenvalue weighted by atomic mass is 19.4. The molecule has 0 radical (unpaired) electrons. The number of benzene rings is 1. The predicted molar refractivity (Wildman–Crippen MR) is 140 cm³/mol. The number of carbonyl (C=O) groups excluding carboxylic acids is 1. The van der Waals surface area contributed by atoms with E-state index in [1.54, 1.807) is 12.1 Å². The molecule has 36 heavy (non-hydrogen) atoms. The number of allylic oxidation sites excluding steroid dienone is 1. The van der Waals surface area contributed by atoms with Crippen LogP contribution >= 0.6 is 0 Å². The van der Waals surface area contributed by atoms with Gasteiger partial charge in [0.2, 0.25) is 5.91 Å². The van der Waals surface area contributed by atoms with Crippen LogP contribution in [0.1, 0.15) is 45.4 Å². The molecule has 1 unspecified atom stereocenters. The van der Waals surface area contributed by atoms with Crippen LogP contribution in [0.2, 0.25) is 0 Å². The van der Waals surface area contributed by atoms with Crippen molar-refractivity contribution in [2.45, 2.75) is 63.7 Å². The van der Waals surface area contributed by atoms with E-state index in [-0.39, 0.29) is 29.5 Å². The monoisotopic (exact) mass is 504 g/mol. The number of hydrogen-bond acceptors (Lipinski definition) is 4. The van der Waals surface area contributed by atoms with Gasteiger partial charge in [-0.1, -0.05) is 43.9 Å². The first-order chi connectivity index (χ1) is 17.0. The lowest BCUT2D eigenvalue weighted by Gasteiger charge is -2.33. The molecule has 0 saturated heterocycles. The number of nitrogens with one attached hydrogen (secondary N) is 2. The van der Waals surface area contributed by atoms with Crippen LogP contribution < -0.4 is 26.8 Å². The summed E-state index contributed by atoms with van der Waals surface area (Å²) in [5.41, 5.74) is 5.36. The average Bonchev–Trinajstić information content (AvgIpc) is 3.67. The largest absolute Gasteiger partial charge is 0.417 e. The molecule has 5 nitrogen and oxygen atoms in total. The lowest BCUT2D eigenvalue weighted by atomic mass is 9.90. The van der Waals surface area contributed by atoms with Crippen molar-refractivity contribution in [3.05, 3.63) is 52.9 Å². The quantitative estimate of drug-likeness (QED) is 0.449. The number of rotatable bonds is 9. The normalized spacial score (nSPS) is 23.0. The second-order valence-corrected chi connectivity index (χ2v) is 10.2. The molecule has 8 heteroatoms. The first-order valence-corrected chi connectivity index (χ1v) is 12.7. The van der Waals surface area contributed by atoms with Crippen molar-refractivity contribution in [3.8, 4) is 0 Å². The molecule has 0 aromatic heterocycles. The number of anilines is 1. The Kier molecular flexibility index (Phi) is 9.28. The van der Waals surface area contributed by atoms with Gasteiger partial charge in [0.05, 0.1) is 11.3 Å². The lowest BCUT2D eigenvalue weighted by Crippen LogP contribution is -2.39. The maximum Gasteiger partial charge on any atom is 0.417 e. The fraction of sp³-hybridized carbons (Fsp3) is 0.536. The lowest BCUT2D eigenvalue weighted by molar-refractivity contribution is -0.122. The van der Waals surface area contributed by atoms with Gasteiger partial charge in [-0.3, -0.25) is 4.79 Å². The van der Waals surface area contributed by atoms with Crippen LogP contribution in [-0.2, 0) is 4.79 Å². The molecule has 0 bridgehead atoms. The zero-order chi connectivity index (χ0) is 26.5. The third kappa shape index (κ3) is 7.63. The van der Waals surface area contributed by atoms with E-state index in [2.05, 4.69) is 36.2 Å². The number of amides is 1. The summed E-state index contributed by atoms with van der Waals surface area (Å²) in [5, 5.41) is 7.41. The first-order valence-electron chi connectivity index (χ1n) is 12.7. The summed E-state index contributed by atoms with van der Waals surface area (Å²) < 4.78 is 40.2. The summed E-state index contributed by atoms with van der Waals surface area (Å²) in [7, 11) is 4.18. The third-order valence-electron chi connectivity index (χ3n) is 7.06. The third-order valence-corrected chi connectivity index (χ3v) is 7.06. The van der Waals surface area contributed by atoms with E-state index in [0.29, 0.717) is 23.0 Å². The van der Waals surface area contributed by atoms with Gasteiger partial charge in [-0.05, 0) is 64.6 Å². The van der Waals surface area contributed by atoms with E-state index in [0.717, 1.165) is 44.2 Å². The summed E-state index contributed by atoms with van der Waals surface area (Å²) in [5.74, 6) is 0.127. The molecule has 198 valence electrons. The molecule has 2 fully saturated rings. The average molecular weight is 505 g/mol. The van der Waals surface area contributed by atoms with E-state index in [1.807, 2.05) is 31.2 Å². The van der Waals surface area contributed by atoms with Crippen LogP contribution in [0.3, 0.4) is 0 Å². The van der Waals surface area contributed by atoms with E-state index in [1.165, 1.54) is 0 Å². The topological polar surface area (TPSA) is 70.4 Å². The molecule has 1 aromatic rings. The van der Waals surface area contributed by atoms with Crippen LogP contribution in [-0.4, -0.2) is 49.7 Å². The van der Waals surface area contributed by atoms with E-state index >= 15 is 0 Å². The number of carbonyl (C=O) groups is 1. The second kappa shape index (κ2) is 12.0. The van der Waals surface area contributed by atoms with Crippen LogP contribution in [0.5, 0.6) is 0 Å².